The van der Waals surface area contributed by atoms with Gasteiger partial charge in [0.25, 0.3) is 0 Å². The quantitative estimate of drug-likeness (QED) is 0.278. The van der Waals surface area contributed by atoms with E-state index in [-0.39, 0.29) is 0 Å². The summed E-state index contributed by atoms with van der Waals surface area (Å²) in [7, 11) is 0. The second kappa shape index (κ2) is 6.82. The maximum Gasteiger partial charge on any atom is 0.0788 e. The first-order valence-corrected chi connectivity index (χ1v) is 10.2. The van der Waals surface area contributed by atoms with Gasteiger partial charge in [0.15, 0.2) is 0 Å². The summed E-state index contributed by atoms with van der Waals surface area (Å²) in [6.07, 6.45) is 0. The molecule has 1 aromatic heterocycles. The van der Waals surface area contributed by atoms with E-state index >= 15 is 0 Å². The van der Waals surface area contributed by atoms with E-state index in [1.165, 1.54) is 38.1 Å². The van der Waals surface area contributed by atoms with Gasteiger partial charge < -0.3 is 0 Å². The minimum absolute atomic E-state index is 1.03. The van der Waals surface area contributed by atoms with Crippen LogP contribution in [-0.2, 0) is 0 Å². The van der Waals surface area contributed by atoms with Gasteiger partial charge >= 0.3 is 0 Å². The van der Waals surface area contributed by atoms with Crippen molar-refractivity contribution in [2.24, 2.45) is 0 Å². The number of benzene rings is 5. The number of nitrogens with zero attached hydrogens (tertiary/aromatic N) is 1. The number of aromatic nitrogens is 1. The highest BCUT2D eigenvalue weighted by Crippen LogP contribution is 2.37. The molecule has 6 aromatic rings. The number of rotatable bonds is 2. The van der Waals surface area contributed by atoms with E-state index in [1.807, 2.05) is 6.07 Å². The first-order valence-electron chi connectivity index (χ1n) is 10.2. The Balaban J connectivity index is 1.64. The third kappa shape index (κ3) is 2.67. The summed E-state index contributed by atoms with van der Waals surface area (Å²) in [6, 6.07) is 40.7. The molecule has 0 aliphatic heterocycles. The molecule has 0 N–H and O–H groups in total. The number of hydrogen-bond acceptors (Lipinski definition) is 1. The van der Waals surface area contributed by atoms with Crippen LogP contribution in [0, 0.1) is 0 Å². The summed E-state index contributed by atoms with van der Waals surface area (Å²) in [6.45, 7) is 0. The molecule has 5 aromatic carbocycles. The summed E-state index contributed by atoms with van der Waals surface area (Å²) >= 11 is 0. The molecule has 0 aliphatic rings. The molecule has 0 bridgehead atoms. The molecule has 0 saturated carbocycles. The zero-order chi connectivity index (χ0) is 19.9. The van der Waals surface area contributed by atoms with Gasteiger partial charge in [0.05, 0.1) is 11.2 Å². The monoisotopic (exact) mass is 381 g/mol. The fourth-order valence-corrected chi connectivity index (χ4v) is 4.39. The van der Waals surface area contributed by atoms with E-state index in [4.69, 9.17) is 4.98 Å². The SMILES string of the molecule is c1ccc(-c2ccc(-c3nc4ccccc4c4c3ccc3ccccc34)cc2)cc1. The second-order valence-electron chi connectivity index (χ2n) is 7.63. The van der Waals surface area contributed by atoms with E-state index in [2.05, 4.69) is 109 Å². The largest absolute Gasteiger partial charge is 0.247 e. The molecule has 0 radical (unpaired) electrons. The summed E-state index contributed by atoms with van der Waals surface area (Å²) in [4.78, 5) is 5.08. The Morgan fingerprint density at radius 3 is 1.87 bits per heavy atom. The second-order valence-corrected chi connectivity index (χ2v) is 7.63. The molecule has 30 heavy (non-hydrogen) atoms. The van der Waals surface area contributed by atoms with Crippen molar-refractivity contribution in [2.45, 2.75) is 0 Å². The highest BCUT2D eigenvalue weighted by Gasteiger charge is 2.13. The Bertz CT molecular complexity index is 1500. The van der Waals surface area contributed by atoms with Gasteiger partial charge in [0.1, 0.15) is 0 Å². The van der Waals surface area contributed by atoms with Crippen LogP contribution in [0.2, 0.25) is 0 Å². The molecular formula is C29H19N. The molecule has 0 fully saturated rings. The van der Waals surface area contributed by atoms with Crippen molar-refractivity contribution >= 4 is 32.4 Å². The highest BCUT2D eigenvalue weighted by atomic mass is 14.7. The summed E-state index contributed by atoms with van der Waals surface area (Å²) in [5.74, 6) is 0. The molecular weight excluding hydrogens is 362 g/mol. The average Bonchev–Trinajstić information content (AvgIpc) is 2.84. The van der Waals surface area contributed by atoms with Crippen LogP contribution in [0.5, 0.6) is 0 Å². The van der Waals surface area contributed by atoms with Crippen LogP contribution in [0.1, 0.15) is 0 Å². The van der Waals surface area contributed by atoms with E-state index in [0.717, 1.165) is 16.8 Å². The molecule has 6 rings (SSSR count). The third-order valence-electron chi connectivity index (χ3n) is 5.86. The fraction of sp³-hybridized carbons (Fsp3) is 0. The van der Waals surface area contributed by atoms with Gasteiger partial charge in [-0.15, -0.1) is 0 Å². The highest BCUT2D eigenvalue weighted by molar-refractivity contribution is 6.22. The molecule has 0 saturated heterocycles. The summed E-state index contributed by atoms with van der Waals surface area (Å²) < 4.78 is 0. The predicted octanol–water partition coefficient (Wildman–Crippen LogP) is 7.88. The Morgan fingerprint density at radius 1 is 0.400 bits per heavy atom. The Hall–Kier alpha value is -3.97. The number of para-hydroxylation sites is 1. The molecule has 0 spiro atoms. The van der Waals surface area contributed by atoms with Crippen molar-refractivity contribution < 1.29 is 0 Å². The van der Waals surface area contributed by atoms with Gasteiger partial charge in [-0.25, -0.2) is 4.98 Å². The van der Waals surface area contributed by atoms with Crippen molar-refractivity contribution in [3.63, 3.8) is 0 Å². The van der Waals surface area contributed by atoms with Crippen LogP contribution in [0.4, 0.5) is 0 Å². The molecule has 0 atom stereocenters. The minimum atomic E-state index is 1.03. The Morgan fingerprint density at radius 2 is 1.03 bits per heavy atom. The number of pyridine rings is 1. The standard InChI is InChI=1S/C29H19N/c1-2-8-20(9-3-1)21-14-16-23(17-15-21)29-26-19-18-22-10-4-5-11-24(22)28(26)25-12-6-7-13-27(25)30-29/h1-19H. The first-order chi connectivity index (χ1) is 14.9. The van der Waals surface area contributed by atoms with Crippen LogP contribution in [0.15, 0.2) is 115 Å². The normalized spacial score (nSPS) is 11.3. The predicted molar refractivity (Wildman–Crippen MR) is 128 cm³/mol. The first kappa shape index (κ1) is 16.9. The summed E-state index contributed by atoms with van der Waals surface area (Å²) in [5, 5.41) is 6.21. The van der Waals surface area contributed by atoms with Crippen molar-refractivity contribution in [1.29, 1.82) is 0 Å². The van der Waals surface area contributed by atoms with Crippen molar-refractivity contribution in [2.75, 3.05) is 0 Å². The minimum Gasteiger partial charge on any atom is -0.247 e. The van der Waals surface area contributed by atoms with Crippen LogP contribution < -0.4 is 0 Å². The van der Waals surface area contributed by atoms with Crippen molar-refractivity contribution in [3.05, 3.63) is 115 Å². The lowest BCUT2D eigenvalue weighted by molar-refractivity contribution is 1.43. The van der Waals surface area contributed by atoms with Gasteiger partial charge in [-0.05, 0) is 28.0 Å². The van der Waals surface area contributed by atoms with Gasteiger partial charge in [-0.1, -0.05) is 109 Å². The van der Waals surface area contributed by atoms with Gasteiger partial charge in [0, 0.05) is 21.7 Å². The van der Waals surface area contributed by atoms with E-state index in [0.29, 0.717) is 0 Å². The zero-order valence-corrected chi connectivity index (χ0v) is 16.4. The van der Waals surface area contributed by atoms with Crippen molar-refractivity contribution in [3.8, 4) is 22.4 Å². The lowest BCUT2D eigenvalue weighted by Gasteiger charge is -2.13. The van der Waals surface area contributed by atoms with Crippen molar-refractivity contribution in [1.82, 2.24) is 4.98 Å². The fourth-order valence-electron chi connectivity index (χ4n) is 4.39. The third-order valence-corrected chi connectivity index (χ3v) is 5.86. The smallest absolute Gasteiger partial charge is 0.0788 e. The van der Waals surface area contributed by atoms with E-state index < -0.39 is 0 Å². The van der Waals surface area contributed by atoms with E-state index in [9.17, 15) is 0 Å². The molecule has 1 heteroatoms. The van der Waals surface area contributed by atoms with Crippen LogP contribution in [0.3, 0.4) is 0 Å². The lowest BCUT2D eigenvalue weighted by atomic mass is 9.94. The maximum atomic E-state index is 5.08. The molecule has 0 unspecified atom stereocenters. The van der Waals surface area contributed by atoms with Crippen LogP contribution in [0.25, 0.3) is 54.8 Å². The van der Waals surface area contributed by atoms with Gasteiger partial charge in [-0.2, -0.15) is 0 Å². The average molecular weight is 381 g/mol. The Labute approximate surface area is 175 Å². The summed E-state index contributed by atoms with van der Waals surface area (Å²) in [5.41, 5.74) is 5.65. The molecule has 1 nitrogen and oxygen atoms in total. The zero-order valence-electron chi connectivity index (χ0n) is 16.4. The molecule has 0 aliphatic carbocycles. The topological polar surface area (TPSA) is 12.9 Å². The van der Waals surface area contributed by atoms with Crippen LogP contribution in [-0.4, -0.2) is 4.98 Å². The van der Waals surface area contributed by atoms with Gasteiger partial charge in [-0.3, -0.25) is 0 Å². The molecule has 1 heterocycles. The molecule has 0 amide bonds. The van der Waals surface area contributed by atoms with E-state index in [1.54, 1.807) is 0 Å². The maximum absolute atomic E-state index is 5.08. The lowest BCUT2D eigenvalue weighted by Crippen LogP contribution is -1.91. The number of hydrogen-bond donors (Lipinski definition) is 0. The van der Waals surface area contributed by atoms with Crippen LogP contribution >= 0.6 is 0 Å². The van der Waals surface area contributed by atoms with Gasteiger partial charge in [0.2, 0.25) is 0 Å². The number of fused-ring (bicyclic) bond motifs is 5. The molecule has 140 valence electrons. The Kier molecular flexibility index (Phi) is 3.85.